The van der Waals surface area contributed by atoms with E-state index in [1.54, 1.807) is 0 Å². The van der Waals surface area contributed by atoms with Crippen LogP contribution in [0.1, 0.15) is 19.3 Å². The third-order valence-corrected chi connectivity index (χ3v) is 3.39. The average Bonchev–Trinajstić information content (AvgIpc) is 2.31. The second-order valence-electron chi connectivity index (χ2n) is 4.66. The van der Waals surface area contributed by atoms with Crippen molar-refractivity contribution < 1.29 is 18.9 Å². The molecule has 2 aliphatic heterocycles. The van der Waals surface area contributed by atoms with E-state index in [0.29, 0.717) is 6.04 Å². The molecule has 2 heterocycles. The third-order valence-electron chi connectivity index (χ3n) is 3.39. The van der Waals surface area contributed by atoms with Gasteiger partial charge < -0.3 is 15.5 Å². The van der Waals surface area contributed by atoms with Gasteiger partial charge in [0, 0.05) is 26.2 Å². The van der Waals surface area contributed by atoms with Gasteiger partial charge in [-0.1, -0.05) is 12.5 Å². The fourth-order valence-corrected chi connectivity index (χ4v) is 2.27. The smallest absolute Gasteiger partial charge is 0.326 e. The van der Waals surface area contributed by atoms with E-state index in [4.69, 9.17) is 0 Å². The molecule has 1 atom stereocenters. The quantitative estimate of drug-likeness (QED) is 0.395. The van der Waals surface area contributed by atoms with Crippen molar-refractivity contribution in [2.75, 3.05) is 39.3 Å². The summed E-state index contributed by atoms with van der Waals surface area (Å²) in [5, 5.41) is 6.44. The Kier molecular flexibility index (Phi) is 8.09. The summed E-state index contributed by atoms with van der Waals surface area (Å²) < 4.78 is 0. The third kappa shape index (κ3) is 5.50. The monoisotopic (exact) mass is 229 g/mol. The van der Waals surface area contributed by atoms with Crippen LogP contribution in [-0.4, -0.2) is 50.2 Å². The zero-order chi connectivity index (χ0) is 11.1. The van der Waals surface area contributed by atoms with Gasteiger partial charge in [-0.25, -0.2) is 18.6 Å². The van der Waals surface area contributed by atoms with Gasteiger partial charge in [0.05, 0.1) is 0 Å². The van der Waals surface area contributed by atoms with E-state index in [-0.39, 0.29) is 18.9 Å². The molecule has 0 spiro atoms. The topological polar surface area (TPSA) is 27.3 Å². The van der Waals surface area contributed by atoms with Crippen LogP contribution in [0.15, 0.2) is 12.2 Å². The molecule has 0 radical (unpaired) electrons. The summed E-state index contributed by atoms with van der Waals surface area (Å²) in [7, 11) is 0. The maximum absolute atomic E-state index is 3.22. The zero-order valence-electron chi connectivity index (χ0n) is 11.1. The van der Waals surface area contributed by atoms with Crippen molar-refractivity contribution in [3.05, 3.63) is 18.6 Å². The molecule has 4 heteroatoms. The Morgan fingerprint density at radius 3 is 1.82 bits per heavy atom. The van der Waals surface area contributed by atoms with Gasteiger partial charge >= 0.3 is 18.9 Å². The summed E-state index contributed by atoms with van der Waals surface area (Å²) in [6, 6.07) is 0.695. The minimum absolute atomic E-state index is 0. The summed E-state index contributed by atoms with van der Waals surface area (Å²) in [5.41, 5.74) is 0. The van der Waals surface area contributed by atoms with E-state index in [9.17, 15) is 0 Å². The number of hydrogen-bond donors (Lipinski definition) is 2. The summed E-state index contributed by atoms with van der Waals surface area (Å²) in [6.45, 7) is 7.18. The van der Waals surface area contributed by atoms with E-state index >= 15 is 0 Å². The first-order chi connectivity index (χ1) is 7.97. The Hall–Kier alpha value is 0.0874. The zero-order valence-corrected chi connectivity index (χ0v) is 11.1. The summed E-state index contributed by atoms with van der Waals surface area (Å²) in [4.78, 5) is 2.56. The Balaban J connectivity index is 0.000000180. The van der Waals surface area contributed by atoms with Gasteiger partial charge in [0.15, 0.2) is 0 Å². The Morgan fingerprint density at radius 2 is 1.47 bits per heavy atom. The van der Waals surface area contributed by atoms with E-state index in [1.165, 1.54) is 32.4 Å². The van der Waals surface area contributed by atoms with E-state index in [2.05, 4.69) is 34.1 Å². The SMILES string of the molecule is C1=CC(N2CCCCC2)[CH-]1.C1CNCCN1.[Li+]. The second kappa shape index (κ2) is 9.08. The number of likely N-dealkylation sites (tertiary alicyclic amines) is 1. The first-order valence-electron chi connectivity index (χ1n) is 6.64. The molecule has 1 unspecified atom stereocenters. The average molecular weight is 229 g/mol. The van der Waals surface area contributed by atoms with E-state index < -0.39 is 0 Å². The molecule has 2 N–H and O–H groups in total. The van der Waals surface area contributed by atoms with Crippen LogP contribution >= 0.6 is 0 Å². The van der Waals surface area contributed by atoms with Gasteiger partial charge in [-0.05, 0) is 25.9 Å². The van der Waals surface area contributed by atoms with Gasteiger partial charge in [-0.15, -0.1) is 0 Å². The number of nitrogens with zero attached hydrogens (tertiary/aromatic N) is 1. The molecule has 0 saturated carbocycles. The van der Waals surface area contributed by atoms with Gasteiger partial charge in [-0.2, -0.15) is 0 Å². The molecule has 0 bridgehead atoms. The molecule has 3 rings (SSSR count). The molecule has 17 heavy (non-hydrogen) atoms. The maximum atomic E-state index is 3.22. The number of piperidine rings is 1. The van der Waals surface area contributed by atoms with Crippen LogP contribution in [-0.2, 0) is 0 Å². The molecule has 0 amide bonds. The summed E-state index contributed by atoms with van der Waals surface area (Å²) in [5.74, 6) is 0. The number of hydrogen-bond acceptors (Lipinski definition) is 3. The molecule has 92 valence electrons. The minimum atomic E-state index is 0. The fraction of sp³-hybridized carbons (Fsp3) is 0.769. The van der Waals surface area contributed by atoms with Crippen LogP contribution in [0.2, 0.25) is 0 Å². The molecule has 0 aromatic rings. The Morgan fingerprint density at radius 1 is 0.941 bits per heavy atom. The standard InChI is InChI=1S/C9H14N.C4H10N2.Li/c1-2-7-10(8-3-1)9-5-4-6-9;1-2-6-4-3-5-1;/h4-6,9H,1-3,7-8H2;5-6H,1-4H2;/q-1;;+1. The molecular formula is C13H24LiN3. The second-order valence-corrected chi connectivity index (χ2v) is 4.66. The summed E-state index contributed by atoms with van der Waals surface area (Å²) >= 11 is 0. The van der Waals surface area contributed by atoms with Crippen molar-refractivity contribution in [3.63, 3.8) is 0 Å². The largest absolute Gasteiger partial charge is 1.00 e. The predicted octanol–water partition coefficient (Wildman–Crippen LogP) is -2.20. The van der Waals surface area contributed by atoms with Gasteiger partial charge in [0.2, 0.25) is 0 Å². The van der Waals surface area contributed by atoms with E-state index in [0.717, 1.165) is 26.2 Å². The van der Waals surface area contributed by atoms with Crippen LogP contribution in [0, 0.1) is 6.42 Å². The first-order valence-corrected chi connectivity index (χ1v) is 6.64. The molecule has 0 aromatic heterocycles. The Labute approximate surface area is 118 Å². The van der Waals surface area contributed by atoms with Crippen LogP contribution in [0.5, 0.6) is 0 Å². The minimum Gasteiger partial charge on any atom is -0.326 e. The molecular weight excluding hydrogens is 205 g/mol. The molecule has 3 nitrogen and oxygen atoms in total. The molecule has 2 fully saturated rings. The van der Waals surface area contributed by atoms with Crippen molar-refractivity contribution in [2.24, 2.45) is 0 Å². The fourth-order valence-electron chi connectivity index (χ4n) is 2.27. The normalized spacial score (nSPS) is 27.9. The maximum Gasteiger partial charge on any atom is 1.00 e. The molecule has 0 aromatic carbocycles. The molecule has 3 aliphatic rings. The summed E-state index contributed by atoms with van der Waals surface area (Å²) in [6.07, 6.45) is 11.0. The van der Waals surface area contributed by atoms with Crippen molar-refractivity contribution in [3.8, 4) is 0 Å². The molecule has 2 saturated heterocycles. The van der Waals surface area contributed by atoms with Gasteiger partial charge in [0.25, 0.3) is 0 Å². The Bertz CT molecular complexity index is 199. The van der Waals surface area contributed by atoms with Crippen molar-refractivity contribution >= 4 is 0 Å². The number of piperazine rings is 1. The van der Waals surface area contributed by atoms with Crippen molar-refractivity contribution in [1.29, 1.82) is 0 Å². The number of rotatable bonds is 1. The van der Waals surface area contributed by atoms with Crippen LogP contribution in [0.25, 0.3) is 0 Å². The van der Waals surface area contributed by atoms with Crippen LogP contribution < -0.4 is 29.5 Å². The number of nitrogens with one attached hydrogen (secondary N) is 2. The molecule has 1 aliphatic carbocycles. The first kappa shape index (κ1) is 15.1. The predicted molar refractivity (Wildman–Crippen MR) is 68.4 cm³/mol. The van der Waals surface area contributed by atoms with Crippen molar-refractivity contribution in [2.45, 2.75) is 25.3 Å². The van der Waals surface area contributed by atoms with Crippen molar-refractivity contribution in [1.82, 2.24) is 15.5 Å². The van der Waals surface area contributed by atoms with Gasteiger partial charge in [-0.3, -0.25) is 0 Å². The van der Waals surface area contributed by atoms with Crippen LogP contribution in [0.3, 0.4) is 0 Å². The van der Waals surface area contributed by atoms with E-state index in [1.807, 2.05) is 0 Å². The van der Waals surface area contributed by atoms with Gasteiger partial charge in [0.1, 0.15) is 0 Å². The van der Waals surface area contributed by atoms with Crippen LogP contribution in [0.4, 0.5) is 0 Å².